The molecule has 1 saturated heterocycles. The fraction of sp³-hybridized carbons (Fsp3) is 0.333. The number of carbonyl (C=O) groups is 2. The Morgan fingerprint density at radius 2 is 1.61 bits per heavy atom. The van der Waals surface area contributed by atoms with Gasteiger partial charge in [0.25, 0.3) is 11.8 Å². The van der Waals surface area contributed by atoms with E-state index in [4.69, 9.17) is 23.2 Å². The van der Waals surface area contributed by atoms with Crippen molar-refractivity contribution in [3.05, 3.63) is 63.1 Å². The minimum atomic E-state index is -0.0802. The van der Waals surface area contributed by atoms with E-state index >= 15 is 0 Å². The number of nitrogens with zero attached hydrogens (tertiary/aromatic N) is 1. The highest BCUT2D eigenvalue weighted by molar-refractivity contribution is 6.35. The molecule has 0 atom stereocenters. The Balaban J connectivity index is 1.54. The lowest BCUT2D eigenvalue weighted by Gasteiger charge is -2.32. The summed E-state index contributed by atoms with van der Waals surface area (Å²) in [6.07, 6.45) is 0. The van der Waals surface area contributed by atoms with Crippen molar-refractivity contribution in [3.63, 3.8) is 0 Å². The molecule has 0 spiro atoms. The van der Waals surface area contributed by atoms with E-state index in [1.165, 1.54) is 0 Å². The van der Waals surface area contributed by atoms with Gasteiger partial charge in [0.05, 0.1) is 26.2 Å². The summed E-state index contributed by atoms with van der Waals surface area (Å²) < 4.78 is 0. The van der Waals surface area contributed by atoms with Crippen LogP contribution >= 0.6 is 23.2 Å². The van der Waals surface area contributed by atoms with Crippen LogP contribution in [0.1, 0.15) is 21.5 Å². The number of hydrogen-bond acceptors (Lipinski definition) is 2. The second-order valence-corrected chi connectivity index (χ2v) is 8.06. The quantitative estimate of drug-likeness (QED) is 0.798. The highest BCUT2D eigenvalue weighted by atomic mass is 35.5. The molecule has 2 amide bonds. The molecule has 28 heavy (non-hydrogen) atoms. The molecule has 0 aliphatic carbocycles. The summed E-state index contributed by atoms with van der Waals surface area (Å²) in [4.78, 5) is 28.1. The molecule has 1 aliphatic heterocycles. The normalized spacial score (nSPS) is 14.8. The van der Waals surface area contributed by atoms with Gasteiger partial charge in [0.1, 0.15) is 0 Å². The van der Waals surface area contributed by atoms with Crippen LogP contribution in [0.15, 0.2) is 36.4 Å². The fourth-order valence-corrected chi connectivity index (χ4v) is 4.01. The van der Waals surface area contributed by atoms with Crippen molar-refractivity contribution in [2.24, 2.45) is 0 Å². The van der Waals surface area contributed by atoms with Crippen LogP contribution in [-0.2, 0) is 4.79 Å². The minimum Gasteiger partial charge on any atom is -0.327 e. The van der Waals surface area contributed by atoms with E-state index in [2.05, 4.69) is 5.32 Å². The molecular weight excluding hydrogens is 397 g/mol. The van der Waals surface area contributed by atoms with Crippen LogP contribution in [0.5, 0.6) is 0 Å². The Kier molecular flexibility index (Phi) is 6.60. The number of rotatable bonds is 4. The molecule has 148 valence electrons. The topological polar surface area (TPSA) is 53.9 Å². The van der Waals surface area contributed by atoms with Crippen LogP contribution in [0, 0.1) is 13.8 Å². The van der Waals surface area contributed by atoms with Crippen molar-refractivity contribution in [3.8, 4) is 0 Å². The summed E-state index contributed by atoms with van der Waals surface area (Å²) in [5.74, 6) is -0.0859. The fourth-order valence-electron chi connectivity index (χ4n) is 3.49. The number of aryl methyl sites for hydroxylation is 2. The predicted octanol–water partition coefficient (Wildman–Crippen LogP) is 2.59. The summed E-state index contributed by atoms with van der Waals surface area (Å²) in [7, 11) is 0. The summed E-state index contributed by atoms with van der Waals surface area (Å²) in [6.45, 7) is 6.99. The van der Waals surface area contributed by atoms with Gasteiger partial charge in [0, 0.05) is 21.3 Å². The standard InChI is InChI=1S/C21H23Cl2N3O2/c1-14-4-3-5-15(2)20(14)24-19(27)13-25-6-8-26(9-7-25)21(28)16-10-17(22)12-18(23)11-16/h3-5,10-12H,6-9,13H2,1-2H3,(H,24,27)/p+1. The first-order valence-corrected chi connectivity index (χ1v) is 10.0. The van der Waals surface area contributed by atoms with Crippen LogP contribution in [0.25, 0.3) is 0 Å². The molecule has 1 fully saturated rings. The number of anilines is 1. The van der Waals surface area contributed by atoms with Crippen LogP contribution in [0.2, 0.25) is 10.0 Å². The Morgan fingerprint density at radius 1 is 1.04 bits per heavy atom. The van der Waals surface area contributed by atoms with E-state index in [1.54, 1.807) is 23.1 Å². The van der Waals surface area contributed by atoms with Crippen LogP contribution in [0.3, 0.4) is 0 Å². The van der Waals surface area contributed by atoms with Gasteiger partial charge in [0.15, 0.2) is 6.54 Å². The first-order chi connectivity index (χ1) is 13.3. The molecule has 1 aliphatic rings. The Hall–Kier alpha value is -2.08. The van der Waals surface area contributed by atoms with Gasteiger partial charge in [-0.15, -0.1) is 0 Å². The lowest BCUT2D eigenvalue weighted by atomic mass is 10.1. The number of halogens is 2. The number of quaternary nitrogens is 1. The van der Waals surface area contributed by atoms with Crippen molar-refractivity contribution in [1.82, 2.24) is 4.90 Å². The molecule has 3 rings (SSSR count). The van der Waals surface area contributed by atoms with Gasteiger partial charge in [-0.25, -0.2) is 0 Å². The molecule has 7 heteroatoms. The zero-order valence-corrected chi connectivity index (χ0v) is 17.5. The van der Waals surface area contributed by atoms with E-state index in [0.29, 0.717) is 35.2 Å². The first-order valence-electron chi connectivity index (χ1n) is 9.28. The smallest absolute Gasteiger partial charge is 0.279 e. The SMILES string of the molecule is Cc1cccc(C)c1NC(=O)C[NH+]1CCN(C(=O)c2cc(Cl)cc(Cl)c2)CC1. The van der Waals surface area contributed by atoms with Crippen LogP contribution in [0.4, 0.5) is 5.69 Å². The van der Waals surface area contributed by atoms with Gasteiger partial charge in [-0.3, -0.25) is 9.59 Å². The highest BCUT2D eigenvalue weighted by Gasteiger charge is 2.26. The van der Waals surface area contributed by atoms with Crippen LogP contribution in [-0.4, -0.2) is 49.4 Å². The molecule has 2 N–H and O–H groups in total. The molecule has 1 heterocycles. The van der Waals surface area contributed by atoms with E-state index in [-0.39, 0.29) is 11.8 Å². The van der Waals surface area contributed by atoms with Gasteiger partial charge in [0.2, 0.25) is 0 Å². The third kappa shape index (κ3) is 5.04. The largest absolute Gasteiger partial charge is 0.327 e. The number of hydrogen-bond donors (Lipinski definition) is 2. The van der Waals surface area contributed by atoms with Crippen LogP contribution < -0.4 is 10.2 Å². The maximum absolute atomic E-state index is 12.7. The molecule has 0 aromatic heterocycles. The van der Waals surface area contributed by atoms with Crippen molar-refractivity contribution in [2.75, 3.05) is 38.0 Å². The second kappa shape index (κ2) is 8.95. The molecule has 0 unspecified atom stereocenters. The van der Waals surface area contributed by atoms with Crippen molar-refractivity contribution in [2.45, 2.75) is 13.8 Å². The third-order valence-corrected chi connectivity index (χ3v) is 5.46. The van der Waals surface area contributed by atoms with Crippen molar-refractivity contribution in [1.29, 1.82) is 0 Å². The van der Waals surface area contributed by atoms with Gasteiger partial charge >= 0.3 is 0 Å². The Morgan fingerprint density at radius 3 is 2.18 bits per heavy atom. The van der Waals surface area contributed by atoms with E-state index < -0.39 is 0 Å². The zero-order valence-electron chi connectivity index (χ0n) is 16.0. The van der Waals surface area contributed by atoms with Gasteiger partial charge in [-0.2, -0.15) is 0 Å². The number of carbonyl (C=O) groups excluding carboxylic acids is 2. The summed E-state index contributed by atoms with van der Waals surface area (Å²) in [5, 5.41) is 3.92. The molecule has 2 aromatic carbocycles. The minimum absolute atomic E-state index is 0.00574. The van der Waals surface area contributed by atoms with E-state index in [0.717, 1.165) is 34.8 Å². The maximum Gasteiger partial charge on any atom is 0.279 e. The lowest BCUT2D eigenvalue weighted by molar-refractivity contribution is -0.895. The number of amides is 2. The van der Waals surface area contributed by atoms with E-state index in [9.17, 15) is 9.59 Å². The summed E-state index contributed by atoms with van der Waals surface area (Å²) >= 11 is 12.0. The molecule has 0 radical (unpaired) electrons. The highest BCUT2D eigenvalue weighted by Crippen LogP contribution is 2.20. The Labute approximate surface area is 175 Å². The number of benzene rings is 2. The average molecular weight is 421 g/mol. The Bertz CT molecular complexity index is 853. The average Bonchev–Trinajstić information content (AvgIpc) is 2.64. The number of piperazine rings is 1. The second-order valence-electron chi connectivity index (χ2n) is 7.19. The third-order valence-electron chi connectivity index (χ3n) is 5.02. The molecule has 0 saturated carbocycles. The predicted molar refractivity (Wildman–Crippen MR) is 112 cm³/mol. The molecule has 2 aromatic rings. The molecular formula is C21H24Cl2N3O2+. The van der Waals surface area contributed by atoms with Crippen molar-refractivity contribution >= 4 is 40.7 Å². The van der Waals surface area contributed by atoms with Gasteiger partial charge in [-0.1, -0.05) is 41.4 Å². The zero-order chi connectivity index (χ0) is 20.3. The monoisotopic (exact) mass is 420 g/mol. The maximum atomic E-state index is 12.7. The first kappa shape index (κ1) is 20.6. The van der Waals surface area contributed by atoms with E-state index in [1.807, 2.05) is 32.0 Å². The number of para-hydroxylation sites is 1. The summed E-state index contributed by atoms with van der Waals surface area (Å²) in [5.41, 5.74) is 3.49. The molecule has 5 nitrogen and oxygen atoms in total. The number of nitrogens with one attached hydrogen (secondary N) is 2. The molecule has 0 bridgehead atoms. The van der Waals surface area contributed by atoms with Gasteiger partial charge in [-0.05, 0) is 43.2 Å². The van der Waals surface area contributed by atoms with Crippen molar-refractivity contribution < 1.29 is 14.5 Å². The lowest BCUT2D eigenvalue weighted by Crippen LogP contribution is -3.15. The van der Waals surface area contributed by atoms with Gasteiger partial charge < -0.3 is 15.1 Å². The summed E-state index contributed by atoms with van der Waals surface area (Å²) in [6, 6.07) is 10.8.